The Kier molecular flexibility index (Phi) is 6.09. The van der Waals surface area contributed by atoms with Gasteiger partial charge >= 0.3 is 0 Å². The summed E-state index contributed by atoms with van der Waals surface area (Å²) in [5.41, 5.74) is 0.983. The van der Waals surface area contributed by atoms with Gasteiger partial charge in [0.05, 0.1) is 14.9 Å². The van der Waals surface area contributed by atoms with E-state index in [-0.39, 0.29) is 5.92 Å². The highest BCUT2D eigenvalue weighted by Crippen LogP contribution is 2.29. The highest BCUT2D eigenvalue weighted by Gasteiger charge is 2.24. The van der Waals surface area contributed by atoms with Crippen molar-refractivity contribution >= 4 is 33.2 Å². The summed E-state index contributed by atoms with van der Waals surface area (Å²) in [6.45, 7) is 2.40. The number of likely N-dealkylation sites (N-methyl/N-ethyl adjacent to an activating group) is 1. The summed E-state index contributed by atoms with van der Waals surface area (Å²) in [7, 11) is -1.90. The zero-order chi connectivity index (χ0) is 17.0. The molecule has 124 valence electrons. The van der Waals surface area contributed by atoms with Crippen molar-refractivity contribution in [3.05, 3.63) is 64.1 Å². The molecule has 2 aromatic carbocycles. The average molecular weight is 372 g/mol. The fourth-order valence-electron chi connectivity index (χ4n) is 2.42. The van der Waals surface area contributed by atoms with Crippen LogP contribution < -0.4 is 0 Å². The molecular formula is C17H19Cl2NO2S. The van der Waals surface area contributed by atoms with Crippen LogP contribution in [0.1, 0.15) is 24.8 Å². The molecule has 0 heterocycles. The molecule has 23 heavy (non-hydrogen) atoms. The van der Waals surface area contributed by atoms with Gasteiger partial charge in [-0.3, -0.25) is 0 Å². The lowest BCUT2D eigenvalue weighted by Gasteiger charge is -2.23. The van der Waals surface area contributed by atoms with Crippen molar-refractivity contribution in [2.45, 2.75) is 24.2 Å². The van der Waals surface area contributed by atoms with E-state index in [0.717, 1.165) is 12.0 Å². The number of hydrogen-bond donors (Lipinski definition) is 0. The Morgan fingerprint density at radius 2 is 1.70 bits per heavy atom. The van der Waals surface area contributed by atoms with E-state index in [4.69, 9.17) is 23.2 Å². The minimum Gasteiger partial charge on any atom is -0.207 e. The molecule has 1 unspecified atom stereocenters. The highest BCUT2D eigenvalue weighted by molar-refractivity contribution is 7.89. The Labute approximate surface area is 147 Å². The molecule has 2 rings (SSSR count). The highest BCUT2D eigenvalue weighted by atomic mass is 35.5. The monoisotopic (exact) mass is 371 g/mol. The molecule has 0 aromatic heterocycles. The quantitative estimate of drug-likeness (QED) is 0.730. The molecule has 0 saturated heterocycles. The second-order valence-electron chi connectivity index (χ2n) is 5.38. The molecular weight excluding hydrogens is 353 g/mol. The van der Waals surface area contributed by atoms with Crippen LogP contribution in [0.15, 0.2) is 53.4 Å². The molecule has 1 atom stereocenters. The van der Waals surface area contributed by atoms with E-state index in [1.807, 2.05) is 13.0 Å². The molecule has 0 radical (unpaired) electrons. The van der Waals surface area contributed by atoms with E-state index in [9.17, 15) is 8.42 Å². The Morgan fingerprint density at radius 3 is 2.26 bits per heavy atom. The molecule has 0 saturated carbocycles. The Bertz CT molecular complexity index is 763. The Morgan fingerprint density at radius 1 is 1.04 bits per heavy atom. The van der Waals surface area contributed by atoms with E-state index < -0.39 is 10.0 Å². The third kappa shape index (κ3) is 4.27. The smallest absolute Gasteiger partial charge is 0.207 e. The molecule has 0 aliphatic carbocycles. The summed E-state index contributed by atoms with van der Waals surface area (Å²) in [5.74, 6) is 0.0493. The normalized spacial score (nSPS) is 13.3. The molecule has 3 nitrogen and oxygen atoms in total. The second-order valence-corrected chi connectivity index (χ2v) is 8.24. The van der Waals surface area contributed by atoms with Gasteiger partial charge in [-0.15, -0.1) is 0 Å². The lowest BCUT2D eigenvalue weighted by Crippen LogP contribution is -2.31. The number of rotatable bonds is 6. The van der Waals surface area contributed by atoms with Crippen LogP contribution in [-0.4, -0.2) is 26.3 Å². The standard InChI is InChI=1S/C17H19Cl2NO2S/c1-3-13(14-9-10-16(18)17(19)11-14)12-20(2)23(21,22)15-7-5-4-6-8-15/h4-11,13H,3,12H2,1-2H3. The van der Waals surface area contributed by atoms with Crippen molar-refractivity contribution in [2.75, 3.05) is 13.6 Å². The van der Waals surface area contributed by atoms with Gasteiger partial charge in [-0.2, -0.15) is 0 Å². The number of nitrogens with zero attached hydrogens (tertiary/aromatic N) is 1. The summed E-state index contributed by atoms with van der Waals surface area (Å²) < 4.78 is 26.6. The third-order valence-corrected chi connectivity index (χ3v) is 6.41. The third-order valence-electron chi connectivity index (χ3n) is 3.84. The Balaban J connectivity index is 2.23. The van der Waals surface area contributed by atoms with Crippen LogP contribution in [-0.2, 0) is 10.0 Å². The maximum atomic E-state index is 12.6. The molecule has 0 bridgehead atoms. The summed E-state index contributed by atoms with van der Waals surface area (Å²) in [5, 5.41) is 0.978. The maximum absolute atomic E-state index is 12.6. The molecule has 0 spiro atoms. The number of halogens is 2. The topological polar surface area (TPSA) is 37.4 Å². The van der Waals surface area contributed by atoms with Gasteiger partial charge in [0, 0.05) is 13.6 Å². The van der Waals surface area contributed by atoms with Crippen LogP contribution in [0.3, 0.4) is 0 Å². The first-order valence-corrected chi connectivity index (χ1v) is 9.52. The van der Waals surface area contributed by atoms with Crippen molar-refractivity contribution in [1.82, 2.24) is 4.31 Å². The van der Waals surface area contributed by atoms with Crippen LogP contribution >= 0.6 is 23.2 Å². The van der Waals surface area contributed by atoms with Crippen LogP contribution in [0, 0.1) is 0 Å². The first-order chi connectivity index (χ1) is 10.9. The van der Waals surface area contributed by atoms with Crippen molar-refractivity contribution in [2.24, 2.45) is 0 Å². The molecule has 0 N–H and O–H groups in total. The average Bonchev–Trinajstić information content (AvgIpc) is 2.55. The fraction of sp³-hybridized carbons (Fsp3) is 0.294. The first-order valence-electron chi connectivity index (χ1n) is 7.32. The molecule has 6 heteroatoms. The summed E-state index contributed by atoms with van der Waals surface area (Å²) in [4.78, 5) is 0.298. The minimum atomic E-state index is -3.50. The van der Waals surface area contributed by atoms with Gasteiger partial charge in [0.2, 0.25) is 10.0 Å². The van der Waals surface area contributed by atoms with Crippen LogP contribution in [0.5, 0.6) is 0 Å². The number of benzene rings is 2. The number of hydrogen-bond acceptors (Lipinski definition) is 2. The summed E-state index contributed by atoms with van der Waals surface area (Å²) >= 11 is 12.0. The van der Waals surface area contributed by atoms with Gasteiger partial charge < -0.3 is 0 Å². The van der Waals surface area contributed by atoms with Crippen LogP contribution in [0.2, 0.25) is 10.0 Å². The molecule has 2 aromatic rings. The van der Waals surface area contributed by atoms with E-state index in [2.05, 4.69) is 0 Å². The van der Waals surface area contributed by atoms with E-state index >= 15 is 0 Å². The molecule has 0 fully saturated rings. The predicted octanol–water partition coefficient (Wildman–Crippen LogP) is 4.81. The lowest BCUT2D eigenvalue weighted by atomic mass is 9.96. The molecule has 0 aliphatic heterocycles. The summed E-state index contributed by atoms with van der Waals surface area (Å²) in [6, 6.07) is 13.9. The molecule has 0 amide bonds. The van der Waals surface area contributed by atoms with E-state index in [1.165, 1.54) is 4.31 Å². The van der Waals surface area contributed by atoms with Gasteiger partial charge in [-0.25, -0.2) is 12.7 Å². The second kappa shape index (κ2) is 7.67. The zero-order valence-corrected chi connectivity index (χ0v) is 15.4. The van der Waals surface area contributed by atoms with Crippen LogP contribution in [0.4, 0.5) is 0 Å². The van der Waals surface area contributed by atoms with Gasteiger partial charge in [0.1, 0.15) is 0 Å². The zero-order valence-electron chi connectivity index (χ0n) is 13.0. The Hall–Kier alpha value is -1.07. The largest absolute Gasteiger partial charge is 0.242 e. The van der Waals surface area contributed by atoms with Crippen molar-refractivity contribution < 1.29 is 8.42 Å². The lowest BCUT2D eigenvalue weighted by molar-refractivity contribution is 0.430. The summed E-state index contributed by atoms with van der Waals surface area (Å²) in [6.07, 6.45) is 0.798. The SMILES string of the molecule is CCC(CN(C)S(=O)(=O)c1ccccc1)c1ccc(Cl)c(Cl)c1. The minimum absolute atomic E-state index is 0.0493. The van der Waals surface area contributed by atoms with Crippen LogP contribution in [0.25, 0.3) is 0 Å². The first kappa shape index (κ1) is 18.3. The molecule has 0 aliphatic rings. The van der Waals surface area contributed by atoms with Gasteiger partial charge in [0.15, 0.2) is 0 Å². The van der Waals surface area contributed by atoms with Gasteiger partial charge in [-0.1, -0.05) is 54.4 Å². The maximum Gasteiger partial charge on any atom is 0.242 e. The van der Waals surface area contributed by atoms with E-state index in [1.54, 1.807) is 49.5 Å². The predicted molar refractivity (Wildman–Crippen MR) is 95.8 cm³/mol. The van der Waals surface area contributed by atoms with Crippen molar-refractivity contribution in [3.63, 3.8) is 0 Å². The van der Waals surface area contributed by atoms with Gasteiger partial charge in [-0.05, 0) is 42.2 Å². The van der Waals surface area contributed by atoms with E-state index in [0.29, 0.717) is 21.5 Å². The van der Waals surface area contributed by atoms with Crippen molar-refractivity contribution in [1.29, 1.82) is 0 Å². The number of sulfonamides is 1. The van der Waals surface area contributed by atoms with Crippen molar-refractivity contribution in [3.8, 4) is 0 Å². The van der Waals surface area contributed by atoms with Gasteiger partial charge in [0.25, 0.3) is 0 Å². The fourth-order valence-corrected chi connectivity index (χ4v) is 3.96.